The van der Waals surface area contributed by atoms with Crippen LogP contribution in [0.15, 0.2) is 42.5 Å². The maximum absolute atomic E-state index is 12.6. The van der Waals surface area contributed by atoms with E-state index < -0.39 is 0 Å². The molecular formula is C24H33N3O2. The van der Waals surface area contributed by atoms with Crippen molar-refractivity contribution in [2.75, 3.05) is 39.1 Å². The molecule has 5 heteroatoms. The van der Waals surface area contributed by atoms with Crippen molar-refractivity contribution in [2.24, 2.45) is 0 Å². The first kappa shape index (κ1) is 21.2. The molecule has 1 aliphatic rings. The molecule has 1 amide bonds. The van der Waals surface area contributed by atoms with Gasteiger partial charge in [-0.05, 0) is 82.2 Å². The minimum atomic E-state index is -0.0642. The van der Waals surface area contributed by atoms with E-state index in [4.69, 9.17) is 4.74 Å². The number of nitrogens with zero attached hydrogens (tertiary/aromatic N) is 2. The Balaban J connectivity index is 1.67. The molecule has 0 saturated carbocycles. The standard InChI is InChI=1S/C24H33N3O2/c1-17(2)29-21-11-8-18(9-12-21)24(28)25-16-23(26(3)4)20-10-13-22-19(15-20)7-6-14-27(22)5/h8-13,15,17,23H,6-7,14,16H2,1-5H3,(H,25,28)/t23-/m0/s1. The molecular weight excluding hydrogens is 362 g/mol. The van der Waals surface area contributed by atoms with Crippen LogP contribution in [0.3, 0.4) is 0 Å². The highest BCUT2D eigenvalue weighted by Gasteiger charge is 2.20. The Labute approximate surface area is 174 Å². The molecule has 0 aromatic heterocycles. The zero-order valence-corrected chi connectivity index (χ0v) is 18.2. The molecule has 156 valence electrons. The fourth-order valence-corrected chi connectivity index (χ4v) is 3.86. The molecule has 1 heterocycles. The average molecular weight is 396 g/mol. The molecule has 0 saturated heterocycles. The van der Waals surface area contributed by atoms with Crippen LogP contribution in [-0.2, 0) is 6.42 Å². The van der Waals surface area contributed by atoms with E-state index in [9.17, 15) is 4.79 Å². The largest absolute Gasteiger partial charge is 0.491 e. The van der Waals surface area contributed by atoms with Crippen molar-refractivity contribution < 1.29 is 9.53 Å². The fourth-order valence-electron chi connectivity index (χ4n) is 3.86. The van der Waals surface area contributed by atoms with E-state index in [-0.39, 0.29) is 18.1 Å². The van der Waals surface area contributed by atoms with Gasteiger partial charge in [-0.1, -0.05) is 12.1 Å². The first-order valence-corrected chi connectivity index (χ1v) is 10.4. The van der Waals surface area contributed by atoms with Crippen molar-refractivity contribution in [3.05, 3.63) is 59.2 Å². The number of rotatable bonds is 7. The number of fused-ring (bicyclic) bond motifs is 1. The smallest absolute Gasteiger partial charge is 0.251 e. The van der Waals surface area contributed by atoms with Crippen molar-refractivity contribution in [3.8, 4) is 5.75 Å². The molecule has 0 fully saturated rings. The van der Waals surface area contributed by atoms with Gasteiger partial charge in [0.05, 0.1) is 12.1 Å². The van der Waals surface area contributed by atoms with Crippen LogP contribution in [-0.4, -0.2) is 51.1 Å². The Morgan fingerprint density at radius 1 is 1.17 bits per heavy atom. The lowest BCUT2D eigenvalue weighted by atomic mass is 9.96. The molecule has 1 N–H and O–H groups in total. The van der Waals surface area contributed by atoms with Crippen molar-refractivity contribution in [3.63, 3.8) is 0 Å². The lowest BCUT2D eigenvalue weighted by molar-refractivity contribution is 0.0942. The Bertz CT molecular complexity index is 831. The van der Waals surface area contributed by atoms with Gasteiger partial charge in [0.1, 0.15) is 5.75 Å². The fraction of sp³-hybridized carbons (Fsp3) is 0.458. The quantitative estimate of drug-likeness (QED) is 0.773. The zero-order chi connectivity index (χ0) is 21.0. The summed E-state index contributed by atoms with van der Waals surface area (Å²) >= 11 is 0. The van der Waals surface area contributed by atoms with Crippen LogP contribution in [0, 0.1) is 0 Å². The number of amides is 1. The second-order valence-electron chi connectivity index (χ2n) is 8.29. The van der Waals surface area contributed by atoms with Gasteiger partial charge in [0.25, 0.3) is 5.91 Å². The summed E-state index contributed by atoms with van der Waals surface area (Å²) in [5, 5.41) is 3.10. The Morgan fingerprint density at radius 3 is 2.55 bits per heavy atom. The minimum Gasteiger partial charge on any atom is -0.491 e. The van der Waals surface area contributed by atoms with E-state index in [1.54, 1.807) is 0 Å². The number of hydrogen-bond acceptors (Lipinski definition) is 4. The molecule has 0 radical (unpaired) electrons. The Morgan fingerprint density at radius 2 is 1.90 bits per heavy atom. The summed E-state index contributed by atoms with van der Waals surface area (Å²) in [4.78, 5) is 17.1. The number of hydrogen-bond donors (Lipinski definition) is 1. The van der Waals surface area contributed by atoms with Crippen molar-refractivity contribution in [1.29, 1.82) is 0 Å². The van der Waals surface area contributed by atoms with Gasteiger partial charge < -0.3 is 19.9 Å². The second kappa shape index (κ2) is 9.31. The summed E-state index contributed by atoms with van der Waals surface area (Å²) in [6, 6.07) is 14.2. The van der Waals surface area contributed by atoms with E-state index in [0.29, 0.717) is 12.1 Å². The minimum absolute atomic E-state index is 0.0642. The van der Waals surface area contributed by atoms with Gasteiger partial charge in [-0.25, -0.2) is 0 Å². The van der Waals surface area contributed by atoms with Gasteiger partial charge >= 0.3 is 0 Å². The van der Waals surface area contributed by atoms with E-state index >= 15 is 0 Å². The topological polar surface area (TPSA) is 44.8 Å². The van der Waals surface area contributed by atoms with Crippen molar-refractivity contribution in [1.82, 2.24) is 10.2 Å². The van der Waals surface area contributed by atoms with Crippen LogP contribution >= 0.6 is 0 Å². The number of carbonyl (C=O) groups is 1. The lowest BCUT2D eigenvalue weighted by Crippen LogP contribution is -2.34. The average Bonchev–Trinajstić information content (AvgIpc) is 2.68. The molecule has 0 unspecified atom stereocenters. The zero-order valence-electron chi connectivity index (χ0n) is 18.2. The van der Waals surface area contributed by atoms with Crippen LogP contribution in [0.2, 0.25) is 0 Å². The maximum Gasteiger partial charge on any atom is 0.251 e. The van der Waals surface area contributed by atoms with Crippen LogP contribution < -0.4 is 15.0 Å². The predicted molar refractivity (Wildman–Crippen MR) is 119 cm³/mol. The van der Waals surface area contributed by atoms with Crippen LogP contribution in [0.25, 0.3) is 0 Å². The molecule has 0 aliphatic carbocycles. The van der Waals surface area contributed by atoms with E-state index in [1.165, 1.54) is 23.2 Å². The molecule has 3 rings (SSSR count). The third-order valence-corrected chi connectivity index (χ3v) is 5.41. The number of carbonyl (C=O) groups excluding carboxylic acids is 1. The van der Waals surface area contributed by atoms with Crippen molar-refractivity contribution >= 4 is 11.6 Å². The monoisotopic (exact) mass is 395 g/mol. The number of likely N-dealkylation sites (N-methyl/N-ethyl adjacent to an activating group) is 1. The van der Waals surface area contributed by atoms with Crippen LogP contribution in [0.4, 0.5) is 5.69 Å². The lowest BCUT2D eigenvalue weighted by Gasteiger charge is -2.30. The number of ether oxygens (including phenoxy) is 1. The summed E-state index contributed by atoms with van der Waals surface area (Å²) in [6.07, 6.45) is 2.42. The SMILES string of the molecule is CC(C)Oc1ccc(C(=O)NC[C@@H](c2ccc3c(c2)CCCN3C)N(C)C)cc1. The molecule has 0 spiro atoms. The molecule has 1 atom stereocenters. The molecule has 2 aromatic rings. The van der Waals surface area contributed by atoms with Gasteiger partial charge in [-0.3, -0.25) is 4.79 Å². The third kappa shape index (κ3) is 5.30. The maximum atomic E-state index is 12.6. The van der Waals surface area contributed by atoms with Crippen molar-refractivity contribution in [2.45, 2.75) is 38.8 Å². The highest BCUT2D eigenvalue weighted by molar-refractivity contribution is 5.94. The van der Waals surface area contributed by atoms with Gasteiger partial charge in [0.15, 0.2) is 0 Å². The molecule has 5 nitrogen and oxygen atoms in total. The second-order valence-corrected chi connectivity index (χ2v) is 8.29. The predicted octanol–water partition coefficient (Wildman–Crippen LogP) is 3.89. The Kier molecular flexibility index (Phi) is 6.80. The Hall–Kier alpha value is -2.53. The molecule has 29 heavy (non-hydrogen) atoms. The summed E-state index contributed by atoms with van der Waals surface area (Å²) < 4.78 is 5.65. The van der Waals surface area contributed by atoms with Gasteiger partial charge in [0.2, 0.25) is 0 Å². The highest BCUT2D eigenvalue weighted by Crippen LogP contribution is 2.30. The number of nitrogens with one attached hydrogen (secondary N) is 1. The highest BCUT2D eigenvalue weighted by atomic mass is 16.5. The number of benzene rings is 2. The summed E-state index contributed by atoms with van der Waals surface area (Å²) in [5.74, 6) is 0.715. The van der Waals surface area contributed by atoms with Gasteiger partial charge in [-0.2, -0.15) is 0 Å². The van der Waals surface area contributed by atoms with Crippen LogP contribution in [0.5, 0.6) is 5.75 Å². The first-order valence-electron chi connectivity index (χ1n) is 10.4. The summed E-state index contributed by atoms with van der Waals surface area (Å²) in [7, 11) is 6.26. The first-order chi connectivity index (χ1) is 13.8. The van der Waals surface area contributed by atoms with Gasteiger partial charge in [-0.15, -0.1) is 0 Å². The molecule has 0 bridgehead atoms. The normalized spacial score (nSPS) is 14.7. The number of anilines is 1. The van der Waals surface area contributed by atoms with Gasteiger partial charge in [0, 0.05) is 31.4 Å². The third-order valence-electron chi connectivity index (χ3n) is 5.41. The number of aryl methyl sites for hydroxylation is 1. The van der Waals surface area contributed by atoms with E-state index in [0.717, 1.165) is 18.7 Å². The summed E-state index contributed by atoms with van der Waals surface area (Å²) in [5.41, 5.74) is 4.61. The summed E-state index contributed by atoms with van der Waals surface area (Å²) in [6.45, 7) is 5.65. The van der Waals surface area contributed by atoms with E-state index in [1.807, 2.05) is 38.1 Å². The molecule has 1 aliphatic heterocycles. The molecule has 2 aromatic carbocycles. The van der Waals surface area contributed by atoms with E-state index in [2.05, 4.69) is 54.5 Å². The van der Waals surface area contributed by atoms with Crippen LogP contribution in [0.1, 0.15) is 47.8 Å².